The zero-order chi connectivity index (χ0) is 13.4. The second-order valence-corrected chi connectivity index (χ2v) is 8.81. The quantitative estimate of drug-likeness (QED) is 0.895. The normalized spacial score (nSPS) is 20.2. The Labute approximate surface area is 120 Å². The Balaban J connectivity index is 2.21. The average Bonchev–Trinajstić information content (AvgIpc) is 2.23. The van der Waals surface area contributed by atoms with E-state index in [1.165, 1.54) is 12.0 Å². The third kappa shape index (κ3) is 2.86. The molecular weight excluding hydrogens is 310 g/mol. The summed E-state index contributed by atoms with van der Waals surface area (Å²) < 4.78 is 16.5. The minimum atomic E-state index is -1.02. The molecule has 0 spiro atoms. The highest BCUT2D eigenvalue weighted by Crippen LogP contribution is 2.42. The standard InChI is InChI=1S/C14H20BrNOS/c1-13(2,3)18(17)16-14(9-4-10-14)11-5-7-12(15)8-6-11/h5-8,16H,4,9-10H2,1-3H3. The maximum Gasteiger partial charge on any atom is 0.0978 e. The van der Waals surface area contributed by atoms with E-state index in [1.807, 2.05) is 20.8 Å². The second-order valence-electron chi connectivity index (χ2n) is 5.93. The van der Waals surface area contributed by atoms with Crippen LogP contribution in [-0.2, 0) is 16.5 Å². The summed E-state index contributed by atoms with van der Waals surface area (Å²) in [6.07, 6.45) is 3.33. The van der Waals surface area contributed by atoms with E-state index in [4.69, 9.17) is 0 Å². The molecule has 2 nitrogen and oxygen atoms in total. The van der Waals surface area contributed by atoms with Crippen LogP contribution >= 0.6 is 15.9 Å². The van der Waals surface area contributed by atoms with Gasteiger partial charge in [-0.3, -0.25) is 0 Å². The van der Waals surface area contributed by atoms with Gasteiger partial charge in [0.15, 0.2) is 0 Å². The molecule has 1 aromatic carbocycles. The zero-order valence-corrected chi connectivity index (χ0v) is 13.5. The van der Waals surface area contributed by atoms with Crippen LogP contribution in [0.25, 0.3) is 0 Å². The van der Waals surface area contributed by atoms with Gasteiger partial charge in [-0.1, -0.05) is 28.1 Å². The summed E-state index contributed by atoms with van der Waals surface area (Å²) in [6, 6.07) is 8.35. The van der Waals surface area contributed by atoms with Gasteiger partial charge in [0.25, 0.3) is 0 Å². The van der Waals surface area contributed by atoms with Crippen molar-refractivity contribution in [2.45, 2.75) is 50.3 Å². The summed E-state index contributed by atoms with van der Waals surface area (Å²) in [5, 5.41) is 0. The average molecular weight is 330 g/mol. The number of halogens is 1. The molecule has 0 saturated heterocycles. The highest BCUT2D eigenvalue weighted by molar-refractivity contribution is 9.10. The fraction of sp³-hybridized carbons (Fsp3) is 0.571. The number of hydrogen-bond donors (Lipinski definition) is 1. The first-order valence-electron chi connectivity index (χ1n) is 6.29. The maximum absolute atomic E-state index is 12.3. The van der Waals surface area contributed by atoms with Crippen molar-refractivity contribution in [2.75, 3.05) is 0 Å². The lowest BCUT2D eigenvalue weighted by atomic mass is 9.73. The van der Waals surface area contributed by atoms with Crippen LogP contribution in [0.1, 0.15) is 45.6 Å². The third-order valence-electron chi connectivity index (χ3n) is 3.45. The maximum atomic E-state index is 12.3. The van der Waals surface area contributed by atoms with Crippen LogP contribution < -0.4 is 4.72 Å². The van der Waals surface area contributed by atoms with Crippen molar-refractivity contribution in [2.24, 2.45) is 0 Å². The molecule has 0 radical (unpaired) electrons. The lowest BCUT2D eigenvalue weighted by molar-refractivity contribution is 0.227. The molecule has 0 aromatic heterocycles. The topological polar surface area (TPSA) is 29.1 Å². The summed E-state index contributed by atoms with van der Waals surface area (Å²) >= 11 is 3.45. The molecule has 1 saturated carbocycles. The van der Waals surface area contributed by atoms with Crippen molar-refractivity contribution in [1.29, 1.82) is 0 Å². The Kier molecular flexibility index (Phi) is 4.00. The van der Waals surface area contributed by atoms with E-state index in [1.54, 1.807) is 0 Å². The van der Waals surface area contributed by atoms with E-state index in [0.717, 1.165) is 17.3 Å². The van der Waals surface area contributed by atoms with Crippen LogP contribution in [0.15, 0.2) is 28.7 Å². The van der Waals surface area contributed by atoms with E-state index in [9.17, 15) is 4.21 Å². The smallest absolute Gasteiger partial charge is 0.0978 e. The molecule has 1 unspecified atom stereocenters. The minimum absolute atomic E-state index is 0.0845. The van der Waals surface area contributed by atoms with Gasteiger partial charge in [0.1, 0.15) is 0 Å². The van der Waals surface area contributed by atoms with Gasteiger partial charge in [-0.15, -0.1) is 0 Å². The Morgan fingerprint density at radius 2 is 1.78 bits per heavy atom. The number of rotatable bonds is 3. The molecule has 1 aliphatic carbocycles. The summed E-state index contributed by atoms with van der Waals surface area (Å²) in [5.74, 6) is 0. The molecule has 100 valence electrons. The summed E-state index contributed by atoms with van der Waals surface area (Å²) in [6.45, 7) is 6.01. The van der Waals surface area contributed by atoms with Gasteiger partial charge in [0.05, 0.1) is 21.3 Å². The van der Waals surface area contributed by atoms with Crippen LogP contribution in [0.5, 0.6) is 0 Å². The minimum Gasteiger partial charge on any atom is -0.242 e. The van der Waals surface area contributed by atoms with Crippen LogP contribution in [0, 0.1) is 0 Å². The molecular formula is C14H20BrNOS. The third-order valence-corrected chi connectivity index (χ3v) is 5.67. The van der Waals surface area contributed by atoms with Gasteiger partial charge in [0, 0.05) is 4.47 Å². The van der Waals surface area contributed by atoms with Crippen molar-refractivity contribution in [3.63, 3.8) is 0 Å². The molecule has 1 fully saturated rings. The summed E-state index contributed by atoms with van der Waals surface area (Å²) in [7, 11) is -1.02. The highest BCUT2D eigenvalue weighted by atomic mass is 79.9. The van der Waals surface area contributed by atoms with E-state index in [2.05, 4.69) is 44.9 Å². The predicted octanol–water partition coefficient (Wildman–Crippen LogP) is 3.88. The second kappa shape index (κ2) is 5.06. The van der Waals surface area contributed by atoms with Gasteiger partial charge in [-0.2, -0.15) is 0 Å². The molecule has 1 N–H and O–H groups in total. The van der Waals surface area contributed by atoms with Gasteiger partial charge >= 0.3 is 0 Å². The lowest BCUT2D eigenvalue weighted by Crippen LogP contribution is -2.52. The van der Waals surface area contributed by atoms with Crippen LogP contribution in [0.3, 0.4) is 0 Å². The molecule has 18 heavy (non-hydrogen) atoms. The molecule has 1 atom stereocenters. The Hall–Kier alpha value is -0.190. The van der Waals surface area contributed by atoms with E-state index in [-0.39, 0.29) is 10.3 Å². The first-order valence-corrected chi connectivity index (χ1v) is 8.24. The van der Waals surface area contributed by atoms with Crippen molar-refractivity contribution >= 4 is 26.9 Å². The SMILES string of the molecule is CC(C)(C)S(=O)NC1(c2ccc(Br)cc2)CCC1. The molecule has 2 rings (SSSR count). The molecule has 0 bridgehead atoms. The summed E-state index contributed by atoms with van der Waals surface area (Å²) in [5.41, 5.74) is 1.16. The largest absolute Gasteiger partial charge is 0.242 e. The monoisotopic (exact) mass is 329 g/mol. The molecule has 0 amide bonds. The fourth-order valence-electron chi connectivity index (χ4n) is 2.08. The van der Waals surface area contributed by atoms with Gasteiger partial charge < -0.3 is 0 Å². The van der Waals surface area contributed by atoms with Gasteiger partial charge in [0.2, 0.25) is 0 Å². The molecule has 0 aliphatic heterocycles. The van der Waals surface area contributed by atoms with Crippen LogP contribution in [0.2, 0.25) is 0 Å². The Morgan fingerprint density at radius 1 is 1.22 bits per heavy atom. The first kappa shape index (κ1) is 14.2. The molecule has 1 aliphatic rings. The summed E-state index contributed by atoms with van der Waals surface area (Å²) in [4.78, 5) is 0. The van der Waals surface area contributed by atoms with Gasteiger partial charge in [-0.05, 0) is 57.7 Å². The van der Waals surface area contributed by atoms with Crippen molar-refractivity contribution in [1.82, 2.24) is 4.72 Å². The molecule has 4 heteroatoms. The van der Waals surface area contributed by atoms with Gasteiger partial charge in [-0.25, -0.2) is 8.93 Å². The molecule has 1 aromatic rings. The fourth-order valence-corrected chi connectivity index (χ4v) is 3.33. The van der Waals surface area contributed by atoms with E-state index < -0.39 is 11.0 Å². The number of hydrogen-bond acceptors (Lipinski definition) is 1. The zero-order valence-electron chi connectivity index (χ0n) is 11.1. The van der Waals surface area contributed by atoms with Crippen LogP contribution in [-0.4, -0.2) is 8.96 Å². The predicted molar refractivity (Wildman–Crippen MR) is 80.7 cm³/mol. The Bertz CT molecular complexity index is 446. The number of benzene rings is 1. The lowest BCUT2D eigenvalue weighted by Gasteiger charge is -2.44. The van der Waals surface area contributed by atoms with E-state index >= 15 is 0 Å². The Morgan fingerprint density at radius 3 is 2.17 bits per heavy atom. The highest BCUT2D eigenvalue weighted by Gasteiger charge is 2.41. The van der Waals surface area contributed by atoms with Crippen molar-refractivity contribution in [3.05, 3.63) is 34.3 Å². The van der Waals surface area contributed by atoms with Crippen molar-refractivity contribution in [3.8, 4) is 0 Å². The molecule has 0 heterocycles. The van der Waals surface area contributed by atoms with Crippen LogP contribution in [0.4, 0.5) is 0 Å². The van der Waals surface area contributed by atoms with E-state index in [0.29, 0.717) is 0 Å². The number of nitrogens with one attached hydrogen (secondary N) is 1. The first-order chi connectivity index (χ1) is 8.33. The van der Waals surface area contributed by atoms with Crippen molar-refractivity contribution < 1.29 is 4.21 Å².